The average molecular weight is 297 g/mol. The highest BCUT2D eigenvalue weighted by Crippen LogP contribution is 2.38. The van der Waals surface area contributed by atoms with E-state index in [0.717, 1.165) is 42.0 Å². The van der Waals surface area contributed by atoms with Crippen LogP contribution in [0.4, 0.5) is 5.69 Å². The van der Waals surface area contributed by atoms with E-state index >= 15 is 0 Å². The Kier molecular flexibility index (Phi) is 4.27. The van der Waals surface area contributed by atoms with Gasteiger partial charge in [0.05, 0.1) is 17.6 Å². The van der Waals surface area contributed by atoms with E-state index in [9.17, 15) is 0 Å². The zero-order valence-electron chi connectivity index (χ0n) is 13.0. The molecule has 2 aliphatic heterocycles. The minimum absolute atomic E-state index is 0.819. The second-order valence-corrected chi connectivity index (χ2v) is 5.65. The smallest absolute Gasteiger partial charge is 0.126 e. The average Bonchev–Trinajstić information content (AvgIpc) is 2.89. The van der Waals surface area contributed by atoms with Crippen molar-refractivity contribution in [3.63, 3.8) is 0 Å². The summed E-state index contributed by atoms with van der Waals surface area (Å²) in [6.07, 6.45) is 9.14. The molecule has 0 saturated heterocycles. The van der Waals surface area contributed by atoms with Crippen LogP contribution in [0.25, 0.3) is 5.70 Å². The van der Waals surface area contributed by atoms with Crippen LogP contribution >= 0.6 is 0 Å². The van der Waals surface area contributed by atoms with Gasteiger partial charge in [0.2, 0.25) is 0 Å². The SMILES string of the molecule is C=CCc1cccc2c1C1=CN(N)NN1C(CCCCC)=N2. The largest absolute Gasteiger partial charge is 0.242 e. The van der Waals surface area contributed by atoms with Gasteiger partial charge in [-0.2, -0.15) is 0 Å². The van der Waals surface area contributed by atoms with Crippen LogP contribution in [0.15, 0.2) is 42.0 Å². The maximum atomic E-state index is 5.92. The van der Waals surface area contributed by atoms with E-state index in [4.69, 9.17) is 10.8 Å². The number of amidine groups is 1. The fourth-order valence-electron chi connectivity index (χ4n) is 2.95. The van der Waals surface area contributed by atoms with E-state index in [0.29, 0.717) is 0 Å². The number of rotatable bonds is 6. The molecule has 2 aliphatic rings. The Balaban J connectivity index is 2.01. The molecule has 116 valence electrons. The van der Waals surface area contributed by atoms with Gasteiger partial charge < -0.3 is 0 Å². The number of hydrogen-bond acceptors (Lipinski definition) is 5. The lowest BCUT2D eigenvalue weighted by Gasteiger charge is -2.29. The third-order valence-corrected chi connectivity index (χ3v) is 3.98. The molecule has 2 heterocycles. The predicted molar refractivity (Wildman–Crippen MR) is 90.6 cm³/mol. The van der Waals surface area contributed by atoms with Crippen molar-refractivity contribution >= 4 is 17.2 Å². The van der Waals surface area contributed by atoms with Crippen molar-refractivity contribution < 1.29 is 0 Å². The van der Waals surface area contributed by atoms with Crippen molar-refractivity contribution in [3.05, 3.63) is 48.2 Å². The molecular weight excluding hydrogens is 274 g/mol. The van der Waals surface area contributed by atoms with E-state index in [1.807, 2.05) is 17.3 Å². The van der Waals surface area contributed by atoms with Crippen molar-refractivity contribution in [2.45, 2.75) is 39.0 Å². The summed E-state index contributed by atoms with van der Waals surface area (Å²) in [5, 5.41) is 3.50. The molecule has 0 spiro atoms. The summed E-state index contributed by atoms with van der Waals surface area (Å²) in [5.41, 5.74) is 7.58. The van der Waals surface area contributed by atoms with Crippen molar-refractivity contribution in [2.75, 3.05) is 0 Å². The fraction of sp³-hybridized carbons (Fsp3) is 0.353. The number of hydrazine groups is 3. The minimum atomic E-state index is 0.819. The molecular formula is C17H23N5. The summed E-state index contributed by atoms with van der Waals surface area (Å²) >= 11 is 0. The molecule has 5 nitrogen and oxygen atoms in total. The molecule has 0 radical (unpaired) electrons. The molecule has 0 atom stereocenters. The topological polar surface area (TPSA) is 56.9 Å². The van der Waals surface area contributed by atoms with Gasteiger partial charge in [0.25, 0.3) is 0 Å². The number of hydrogen-bond donors (Lipinski definition) is 2. The van der Waals surface area contributed by atoms with Crippen molar-refractivity contribution in [1.29, 1.82) is 0 Å². The molecule has 0 aliphatic carbocycles. The summed E-state index contributed by atoms with van der Waals surface area (Å²) in [6.45, 7) is 6.06. The Bertz CT molecular complexity index is 632. The van der Waals surface area contributed by atoms with Gasteiger partial charge in [-0.1, -0.05) is 38.0 Å². The molecule has 3 rings (SSSR count). The fourth-order valence-corrected chi connectivity index (χ4v) is 2.95. The molecule has 0 amide bonds. The summed E-state index contributed by atoms with van der Waals surface area (Å²) in [6, 6.07) is 6.25. The molecule has 1 aromatic rings. The van der Waals surface area contributed by atoms with Crippen LogP contribution in [0.5, 0.6) is 0 Å². The quantitative estimate of drug-likeness (QED) is 0.481. The zero-order valence-corrected chi connectivity index (χ0v) is 13.0. The van der Waals surface area contributed by atoms with Gasteiger partial charge in [-0.15, -0.1) is 12.1 Å². The monoisotopic (exact) mass is 297 g/mol. The first-order chi connectivity index (χ1) is 10.7. The summed E-state index contributed by atoms with van der Waals surface area (Å²) < 4.78 is 0. The number of unbranched alkanes of at least 4 members (excludes halogenated alkanes) is 2. The number of allylic oxidation sites excluding steroid dienone is 1. The minimum Gasteiger partial charge on any atom is -0.242 e. The normalized spacial score (nSPS) is 16.1. The number of nitrogens with one attached hydrogen (secondary N) is 1. The van der Waals surface area contributed by atoms with E-state index in [2.05, 4.69) is 37.2 Å². The molecule has 0 aromatic heterocycles. The van der Waals surface area contributed by atoms with Crippen LogP contribution in [0.1, 0.15) is 43.7 Å². The van der Waals surface area contributed by atoms with E-state index in [-0.39, 0.29) is 0 Å². The van der Waals surface area contributed by atoms with Gasteiger partial charge >= 0.3 is 0 Å². The predicted octanol–water partition coefficient (Wildman–Crippen LogP) is 3.25. The van der Waals surface area contributed by atoms with Crippen LogP contribution in [0.3, 0.4) is 0 Å². The van der Waals surface area contributed by atoms with Crippen LogP contribution in [-0.4, -0.2) is 16.0 Å². The van der Waals surface area contributed by atoms with Gasteiger partial charge in [-0.05, 0) is 24.5 Å². The number of nitrogens with zero attached hydrogens (tertiary/aromatic N) is 3. The number of nitrogens with two attached hydrogens (primary N) is 1. The third kappa shape index (κ3) is 2.65. The molecule has 0 unspecified atom stereocenters. The molecule has 5 heteroatoms. The maximum absolute atomic E-state index is 5.92. The summed E-state index contributed by atoms with van der Waals surface area (Å²) in [5.74, 6) is 6.95. The van der Waals surface area contributed by atoms with Crippen molar-refractivity contribution in [2.24, 2.45) is 10.8 Å². The first-order valence-electron chi connectivity index (χ1n) is 7.87. The van der Waals surface area contributed by atoms with Gasteiger partial charge in [0.15, 0.2) is 0 Å². The van der Waals surface area contributed by atoms with Crippen molar-refractivity contribution in [1.82, 2.24) is 15.7 Å². The summed E-state index contributed by atoms with van der Waals surface area (Å²) in [4.78, 5) is 4.86. The highest BCUT2D eigenvalue weighted by Gasteiger charge is 2.31. The van der Waals surface area contributed by atoms with Crippen LogP contribution in [0.2, 0.25) is 0 Å². The van der Waals surface area contributed by atoms with E-state index in [1.54, 1.807) is 0 Å². The van der Waals surface area contributed by atoms with Gasteiger partial charge in [0, 0.05) is 12.0 Å². The lowest BCUT2D eigenvalue weighted by Crippen LogP contribution is -2.47. The zero-order chi connectivity index (χ0) is 15.5. The van der Waals surface area contributed by atoms with Gasteiger partial charge in [-0.3, -0.25) is 0 Å². The van der Waals surface area contributed by atoms with Crippen LogP contribution in [-0.2, 0) is 6.42 Å². The molecule has 0 saturated carbocycles. The standard InChI is InChI=1S/C17H23N5/c1-3-5-6-11-16-19-14-10-7-9-13(8-4-2)17(14)15-12-21(18)20-22(15)16/h4,7,9-10,12,20H,2-3,5-6,8,11,18H2,1H3. The number of aliphatic imine (C=N–C) groups is 1. The molecule has 0 bridgehead atoms. The lowest BCUT2D eigenvalue weighted by atomic mass is 9.98. The van der Waals surface area contributed by atoms with Crippen molar-refractivity contribution in [3.8, 4) is 0 Å². The summed E-state index contributed by atoms with van der Waals surface area (Å²) in [7, 11) is 0. The second-order valence-electron chi connectivity index (χ2n) is 5.65. The highest BCUT2D eigenvalue weighted by molar-refractivity contribution is 5.98. The second kappa shape index (κ2) is 6.34. The number of benzene rings is 1. The van der Waals surface area contributed by atoms with Gasteiger partial charge in [0.1, 0.15) is 5.84 Å². The van der Waals surface area contributed by atoms with Crippen LogP contribution < -0.4 is 11.4 Å². The Morgan fingerprint density at radius 2 is 2.23 bits per heavy atom. The molecule has 0 fully saturated rings. The Morgan fingerprint density at radius 1 is 1.36 bits per heavy atom. The van der Waals surface area contributed by atoms with E-state index in [1.165, 1.54) is 23.5 Å². The molecule has 1 aromatic carbocycles. The molecule has 22 heavy (non-hydrogen) atoms. The Morgan fingerprint density at radius 3 is 3.00 bits per heavy atom. The van der Waals surface area contributed by atoms with E-state index < -0.39 is 0 Å². The van der Waals surface area contributed by atoms with Gasteiger partial charge in [-0.25, -0.2) is 21.0 Å². The third-order valence-electron chi connectivity index (χ3n) is 3.98. The Labute approximate surface area is 131 Å². The van der Waals surface area contributed by atoms with Crippen LogP contribution in [0, 0.1) is 0 Å². The lowest BCUT2D eigenvalue weighted by molar-refractivity contribution is 0.200. The highest BCUT2D eigenvalue weighted by atomic mass is 15.9. The first kappa shape index (κ1) is 14.8. The number of fused-ring (bicyclic) bond motifs is 3. The maximum Gasteiger partial charge on any atom is 0.126 e. The first-order valence-corrected chi connectivity index (χ1v) is 7.87. The molecule has 3 N–H and O–H groups in total. The Hall–Kier alpha value is -2.11.